The molecule has 0 radical (unpaired) electrons. The molecule has 402 valence electrons. The number of unbranched alkanes of at least 4 members (excludes halogenated alkanes) is 5. The van der Waals surface area contributed by atoms with E-state index in [0.29, 0.717) is 19.3 Å². The van der Waals surface area contributed by atoms with Gasteiger partial charge in [0.2, 0.25) is 0 Å². The number of rotatable bonds is 46. The zero-order chi connectivity index (χ0) is 52.7. The summed E-state index contributed by atoms with van der Waals surface area (Å²) in [6, 6.07) is 0. The highest BCUT2D eigenvalue weighted by atomic mass is 31.2. The number of ether oxygens (including phenoxy) is 3. The molecule has 0 aromatic heterocycles. The molecule has 0 fully saturated rings. The molecule has 0 saturated carbocycles. The Morgan fingerprint density at radius 3 is 1.11 bits per heavy atom. The van der Waals surface area contributed by atoms with Gasteiger partial charge in [0.1, 0.15) is 12.7 Å². The van der Waals surface area contributed by atoms with Crippen molar-refractivity contribution in [2.45, 2.75) is 174 Å². The first-order valence-corrected chi connectivity index (χ1v) is 27.9. The normalized spacial score (nSPS) is 14.7. The number of phosphoric ester groups is 1. The molecule has 0 aromatic carbocycles. The van der Waals surface area contributed by atoms with Gasteiger partial charge in [0.15, 0.2) is 6.10 Å². The maximum absolute atomic E-state index is 12.9. The van der Waals surface area contributed by atoms with E-state index in [1.807, 2.05) is 36.5 Å². The van der Waals surface area contributed by atoms with E-state index in [-0.39, 0.29) is 19.3 Å². The molecule has 3 atom stereocenters. The average molecular weight is 1020 g/mol. The number of esters is 3. The number of hydrogen-bond donors (Lipinski definition) is 2. The lowest BCUT2D eigenvalue weighted by molar-refractivity contribution is -0.160. The summed E-state index contributed by atoms with van der Waals surface area (Å²) in [4.78, 5) is 48.3. The molecule has 0 aliphatic carbocycles. The Balaban J connectivity index is 4.99. The summed E-state index contributed by atoms with van der Waals surface area (Å²) in [5.41, 5.74) is 0. The molecule has 0 aromatic rings. The highest BCUT2D eigenvalue weighted by molar-refractivity contribution is 7.47. The summed E-state index contributed by atoms with van der Waals surface area (Å²) in [5.74, 6) is -1.80. The lowest BCUT2D eigenvalue weighted by Crippen LogP contribution is -2.30. The topological polar surface area (TPSA) is 155 Å². The summed E-state index contributed by atoms with van der Waals surface area (Å²) < 4.78 is 39.1. The number of allylic oxidation sites excluding steroid dienone is 24. The first-order valence-electron chi connectivity index (χ1n) is 26.4. The zero-order valence-electron chi connectivity index (χ0n) is 44.1. The largest absolute Gasteiger partial charge is 0.472 e. The zero-order valence-corrected chi connectivity index (χ0v) is 45.0. The molecule has 11 nitrogen and oxygen atoms in total. The van der Waals surface area contributed by atoms with E-state index >= 15 is 0 Å². The molecule has 0 bridgehead atoms. The van der Waals surface area contributed by atoms with Gasteiger partial charge in [-0.15, -0.1) is 0 Å². The Hall–Kier alpha value is -4.90. The molecular weight excluding hydrogens is 928 g/mol. The molecule has 0 heterocycles. The fourth-order valence-corrected chi connectivity index (χ4v) is 6.89. The van der Waals surface area contributed by atoms with Crippen molar-refractivity contribution in [3.63, 3.8) is 0 Å². The van der Waals surface area contributed by atoms with Crippen LogP contribution in [0.5, 0.6) is 0 Å². The molecule has 0 amide bonds. The third-order valence-electron chi connectivity index (χ3n) is 9.99. The predicted octanol–water partition coefficient (Wildman–Crippen LogP) is 15.4. The van der Waals surface area contributed by atoms with Crippen LogP contribution in [0.4, 0.5) is 0 Å². The van der Waals surface area contributed by atoms with Crippen LogP contribution in [0, 0.1) is 0 Å². The van der Waals surface area contributed by atoms with Crippen LogP contribution in [0.3, 0.4) is 0 Å². The van der Waals surface area contributed by atoms with Crippen molar-refractivity contribution in [2.75, 3.05) is 26.4 Å². The van der Waals surface area contributed by atoms with E-state index in [1.54, 1.807) is 12.2 Å². The molecule has 12 heteroatoms. The third-order valence-corrected chi connectivity index (χ3v) is 10.9. The fourth-order valence-electron chi connectivity index (χ4n) is 6.11. The van der Waals surface area contributed by atoms with Crippen LogP contribution >= 0.6 is 7.82 Å². The van der Waals surface area contributed by atoms with Crippen LogP contribution in [0.2, 0.25) is 0 Å². The minimum atomic E-state index is -4.81. The van der Waals surface area contributed by atoms with Crippen molar-refractivity contribution in [1.82, 2.24) is 0 Å². The van der Waals surface area contributed by atoms with Gasteiger partial charge in [0.05, 0.1) is 32.7 Å². The summed E-state index contributed by atoms with van der Waals surface area (Å²) in [7, 11) is -4.81. The number of aliphatic hydroxyl groups is 1. The SMILES string of the molecule is CC/C=C\C/C=C\C/C=C\C/C=C\C/C=C\CC(=O)OC(CO)COP(=O)(O)OCC(COC(=O)CCCCCCC/C=C\C/C=C\C/C=C\CC)OC(=O)C/C=C\C/C=C\C/C=C\C/C=C\C/C=C\CC. The van der Waals surface area contributed by atoms with Gasteiger partial charge >= 0.3 is 25.7 Å². The fraction of sp³-hybridized carbons (Fsp3) is 0.517. The Morgan fingerprint density at radius 1 is 0.403 bits per heavy atom. The molecule has 0 aliphatic heterocycles. The number of hydrogen-bond acceptors (Lipinski definition) is 10. The lowest BCUT2D eigenvalue weighted by atomic mass is 10.1. The maximum Gasteiger partial charge on any atom is 0.472 e. The number of phosphoric acid groups is 1. The van der Waals surface area contributed by atoms with E-state index in [9.17, 15) is 28.9 Å². The van der Waals surface area contributed by atoms with Crippen molar-refractivity contribution in [2.24, 2.45) is 0 Å². The van der Waals surface area contributed by atoms with Crippen LogP contribution < -0.4 is 0 Å². The van der Waals surface area contributed by atoms with Gasteiger partial charge < -0.3 is 24.2 Å². The van der Waals surface area contributed by atoms with Gasteiger partial charge in [-0.3, -0.25) is 23.4 Å². The van der Waals surface area contributed by atoms with Crippen molar-refractivity contribution >= 4 is 25.7 Å². The van der Waals surface area contributed by atoms with E-state index in [1.165, 1.54) is 0 Å². The van der Waals surface area contributed by atoms with Crippen molar-refractivity contribution in [3.8, 4) is 0 Å². The smallest absolute Gasteiger partial charge is 0.462 e. The molecule has 72 heavy (non-hydrogen) atoms. The second-order valence-electron chi connectivity index (χ2n) is 16.6. The van der Waals surface area contributed by atoms with Gasteiger partial charge in [-0.2, -0.15) is 0 Å². The average Bonchev–Trinajstić information content (AvgIpc) is 3.37. The van der Waals surface area contributed by atoms with Crippen LogP contribution in [-0.2, 0) is 42.2 Å². The predicted molar refractivity (Wildman–Crippen MR) is 297 cm³/mol. The van der Waals surface area contributed by atoms with Crippen LogP contribution in [0.15, 0.2) is 158 Å². The Morgan fingerprint density at radius 2 is 0.722 bits per heavy atom. The van der Waals surface area contributed by atoms with Gasteiger partial charge in [-0.05, 0) is 103 Å². The third kappa shape index (κ3) is 50.1. The molecule has 3 unspecified atom stereocenters. The van der Waals surface area contributed by atoms with Gasteiger partial charge in [-0.25, -0.2) is 4.57 Å². The first-order chi connectivity index (χ1) is 35.2. The van der Waals surface area contributed by atoms with E-state index in [2.05, 4.69) is 130 Å². The Bertz CT molecular complexity index is 1810. The second-order valence-corrected chi connectivity index (χ2v) is 18.0. The Kier molecular flexibility index (Phi) is 48.9. The van der Waals surface area contributed by atoms with Crippen molar-refractivity contribution in [3.05, 3.63) is 158 Å². The van der Waals surface area contributed by atoms with Crippen LogP contribution in [0.1, 0.15) is 162 Å². The first kappa shape index (κ1) is 67.1. The second kappa shape index (κ2) is 52.4. The molecule has 0 spiro atoms. The highest BCUT2D eigenvalue weighted by Gasteiger charge is 2.28. The van der Waals surface area contributed by atoms with Crippen molar-refractivity contribution < 1.29 is 52.2 Å². The summed E-state index contributed by atoms with van der Waals surface area (Å²) in [5, 5.41) is 9.77. The number of carbonyl (C=O) groups excluding carboxylic acids is 3. The summed E-state index contributed by atoms with van der Waals surface area (Å²) in [6.45, 7) is 4.01. The van der Waals surface area contributed by atoms with E-state index in [4.69, 9.17) is 23.3 Å². The van der Waals surface area contributed by atoms with E-state index in [0.717, 1.165) is 103 Å². The molecule has 0 saturated heterocycles. The molecule has 0 aliphatic rings. The van der Waals surface area contributed by atoms with Crippen LogP contribution in [-0.4, -0.2) is 66.5 Å². The van der Waals surface area contributed by atoms with Crippen LogP contribution in [0.25, 0.3) is 0 Å². The monoisotopic (exact) mass is 1020 g/mol. The highest BCUT2D eigenvalue weighted by Crippen LogP contribution is 2.43. The maximum atomic E-state index is 12.9. The van der Waals surface area contributed by atoms with Crippen molar-refractivity contribution in [1.29, 1.82) is 0 Å². The standard InChI is InChI=1S/C60H91O11P/c1-4-7-10-13-16-19-22-25-28-31-34-37-40-43-46-49-58(62)67-53-57(71-60(64)51-48-45-42-39-36-33-30-27-24-21-18-15-12-9-6-3)55-69-72(65,66)68-54-56(52-61)70-59(63)50-47-44-41-38-35-32-29-26-23-20-17-14-11-8-5-2/h7-12,16-21,25-30,35-36,38-39,44-45,47-48,56-57,61H,4-6,13-15,22-24,31-34,37,40-43,46,49-55H2,1-3H3,(H,65,66)/b10-7-,11-8-,12-9-,19-16-,20-17-,21-18-,28-25-,29-26-,30-27-,38-35-,39-36-,47-44-,48-45-. The summed E-state index contributed by atoms with van der Waals surface area (Å²) >= 11 is 0. The minimum absolute atomic E-state index is 0.0725. The molecule has 0 rings (SSSR count). The minimum Gasteiger partial charge on any atom is -0.462 e. The van der Waals surface area contributed by atoms with Gasteiger partial charge in [-0.1, -0.05) is 198 Å². The Labute approximate surface area is 434 Å². The summed E-state index contributed by atoms with van der Waals surface area (Å²) in [6.07, 6.45) is 68.4. The van der Waals surface area contributed by atoms with Gasteiger partial charge in [0.25, 0.3) is 0 Å². The number of carbonyl (C=O) groups is 3. The number of aliphatic hydroxyl groups excluding tert-OH is 1. The molecular formula is C60H91O11P. The molecule has 2 N–H and O–H groups in total. The quantitative estimate of drug-likeness (QED) is 0.0197. The van der Waals surface area contributed by atoms with E-state index < -0.39 is 64.4 Å². The van der Waals surface area contributed by atoms with Gasteiger partial charge in [0, 0.05) is 6.42 Å². The lowest BCUT2D eigenvalue weighted by Gasteiger charge is -2.21.